The van der Waals surface area contributed by atoms with Crippen LogP contribution >= 0.6 is 0 Å². The highest BCUT2D eigenvalue weighted by Crippen LogP contribution is 2.35. The molecule has 0 aromatic carbocycles. The van der Waals surface area contributed by atoms with E-state index in [1.54, 1.807) is 7.11 Å². The van der Waals surface area contributed by atoms with Crippen LogP contribution in [0.15, 0.2) is 4.79 Å². The Balaban J connectivity index is 1.55. The minimum absolute atomic E-state index is 0.0120. The maximum absolute atomic E-state index is 13.2. The van der Waals surface area contributed by atoms with Gasteiger partial charge in [0.05, 0.1) is 30.6 Å². The summed E-state index contributed by atoms with van der Waals surface area (Å²) in [6.45, 7) is 1.05. The van der Waals surface area contributed by atoms with Crippen LogP contribution in [-0.4, -0.2) is 66.1 Å². The van der Waals surface area contributed by atoms with Gasteiger partial charge in [-0.15, -0.1) is 0 Å². The Morgan fingerprint density at radius 1 is 1.17 bits per heavy atom. The van der Waals surface area contributed by atoms with Crippen molar-refractivity contribution in [3.63, 3.8) is 0 Å². The molecule has 10 heteroatoms. The number of aromatic nitrogens is 2. The first-order valence-corrected chi connectivity index (χ1v) is 12.5. The van der Waals surface area contributed by atoms with Gasteiger partial charge < -0.3 is 14.6 Å². The summed E-state index contributed by atoms with van der Waals surface area (Å²) in [5.41, 5.74) is 0.834. The van der Waals surface area contributed by atoms with E-state index in [1.165, 1.54) is 10.6 Å². The number of likely N-dealkylation sites (tertiary alicyclic amines) is 1. The van der Waals surface area contributed by atoms with Gasteiger partial charge in [0.25, 0.3) is 5.56 Å². The SMILES string of the molecule is COC1CCC(C(=O)N2CCC[C@H]2c2nc3c(c(=O)[nH]2)CCN(S(C)(=O)=O)C3)CC1. The third-order valence-electron chi connectivity index (χ3n) is 6.73. The summed E-state index contributed by atoms with van der Waals surface area (Å²) in [5, 5.41) is 0. The number of hydrogen-bond donors (Lipinski definition) is 1. The molecular weight excluding hydrogens is 408 g/mol. The topological polar surface area (TPSA) is 113 Å². The lowest BCUT2D eigenvalue weighted by Crippen LogP contribution is -2.41. The minimum atomic E-state index is -3.35. The van der Waals surface area contributed by atoms with Gasteiger partial charge in [-0.05, 0) is 44.9 Å². The number of nitrogens with one attached hydrogen (secondary N) is 1. The second kappa shape index (κ2) is 8.39. The van der Waals surface area contributed by atoms with E-state index in [-0.39, 0.29) is 42.6 Å². The number of carbonyl (C=O) groups is 1. The number of aromatic amines is 1. The number of carbonyl (C=O) groups excluding carboxylic acids is 1. The van der Waals surface area contributed by atoms with Gasteiger partial charge in [-0.1, -0.05) is 0 Å². The van der Waals surface area contributed by atoms with Gasteiger partial charge in [0.15, 0.2) is 0 Å². The van der Waals surface area contributed by atoms with Crippen molar-refractivity contribution in [2.24, 2.45) is 5.92 Å². The predicted molar refractivity (Wildman–Crippen MR) is 110 cm³/mol. The highest BCUT2D eigenvalue weighted by atomic mass is 32.2. The molecular formula is C20H30N4O5S. The number of rotatable bonds is 4. The number of amides is 1. The summed E-state index contributed by atoms with van der Waals surface area (Å²) >= 11 is 0. The van der Waals surface area contributed by atoms with Crippen LogP contribution < -0.4 is 5.56 Å². The zero-order valence-electron chi connectivity index (χ0n) is 17.6. The van der Waals surface area contributed by atoms with Crippen molar-refractivity contribution in [2.45, 2.75) is 63.6 Å². The zero-order chi connectivity index (χ0) is 21.5. The molecule has 0 radical (unpaired) electrons. The van der Waals surface area contributed by atoms with Crippen LogP contribution in [0.5, 0.6) is 0 Å². The number of ether oxygens (including phenoxy) is 1. The van der Waals surface area contributed by atoms with Gasteiger partial charge in [-0.3, -0.25) is 9.59 Å². The fourth-order valence-electron chi connectivity index (χ4n) is 4.97. The molecule has 0 bridgehead atoms. The molecule has 30 heavy (non-hydrogen) atoms. The van der Waals surface area contributed by atoms with Crippen LogP contribution in [0.2, 0.25) is 0 Å². The number of hydrogen-bond acceptors (Lipinski definition) is 6. The monoisotopic (exact) mass is 438 g/mol. The molecule has 4 rings (SSSR count). The van der Waals surface area contributed by atoms with E-state index < -0.39 is 10.0 Å². The summed E-state index contributed by atoms with van der Waals surface area (Å²) < 4.78 is 30.6. The van der Waals surface area contributed by atoms with Crippen LogP contribution in [0.25, 0.3) is 0 Å². The maximum Gasteiger partial charge on any atom is 0.254 e. The quantitative estimate of drug-likeness (QED) is 0.749. The first kappa shape index (κ1) is 21.5. The Labute approximate surface area is 176 Å². The minimum Gasteiger partial charge on any atom is -0.381 e. The van der Waals surface area contributed by atoms with Crippen LogP contribution in [0.1, 0.15) is 61.6 Å². The Morgan fingerprint density at radius 2 is 1.90 bits per heavy atom. The predicted octanol–water partition coefficient (Wildman–Crippen LogP) is 0.956. The summed E-state index contributed by atoms with van der Waals surface area (Å²) in [5.74, 6) is 0.595. The van der Waals surface area contributed by atoms with E-state index >= 15 is 0 Å². The molecule has 2 aliphatic heterocycles. The zero-order valence-corrected chi connectivity index (χ0v) is 18.4. The summed E-state index contributed by atoms with van der Waals surface area (Å²) in [6, 6.07) is -0.260. The molecule has 1 aromatic rings. The molecule has 1 aliphatic carbocycles. The molecule has 1 saturated heterocycles. The summed E-state index contributed by atoms with van der Waals surface area (Å²) in [4.78, 5) is 35.3. The van der Waals surface area contributed by atoms with Crippen LogP contribution in [-0.2, 0) is 32.5 Å². The molecule has 0 spiro atoms. The molecule has 3 aliphatic rings. The average molecular weight is 439 g/mol. The van der Waals surface area contributed by atoms with Crippen molar-refractivity contribution in [3.05, 3.63) is 27.4 Å². The van der Waals surface area contributed by atoms with Crippen LogP contribution in [0.4, 0.5) is 0 Å². The second-order valence-electron chi connectivity index (χ2n) is 8.62. The number of methoxy groups -OCH3 is 1. The fraction of sp³-hybridized carbons (Fsp3) is 0.750. The Bertz CT molecular complexity index is 968. The number of sulfonamides is 1. The normalized spacial score (nSPS) is 27.8. The molecule has 1 saturated carbocycles. The van der Waals surface area contributed by atoms with Crippen molar-refractivity contribution in [3.8, 4) is 0 Å². The molecule has 1 atom stereocenters. The third kappa shape index (κ3) is 4.17. The Kier molecular flexibility index (Phi) is 6.00. The smallest absolute Gasteiger partial charge is 0.254 e. The number of H-pyrrole nitrogens is 1. The fourth-order valence-corrected chi connectivity index (χ4v) is 5.75. The van der Waals surface area contributed by atoms with Crippen LogP contribution in [0, 0.1) is 5.92 Å². The van der Waals surface area contributed by atoms with Gasteiger partial charge in [0.1, 0.15) is 5.82 Å². The molecule has 0 unspecified atom stereocenters. The van der Waals surface area contributed by atoms with Crippen molar-refractivity contribution in [1.82, 2.24) is 19.2 Å². The summed E-state index contributed by atoms with van der Waals surface area (Å²) in [7, 11) is -1.64. The molecule has 2 fully saturated rings. The molecule has 3 heterocycles. The lowest BCUT2D eigenvalue weighted by molar-refractivity contribution is -0.138. The largest absolute Gasteiger partial charge is 0.381 e. The van der Waals surface area contributed by atoms with Crippen LogP contribution in [0.3, 0.4) is 0 Å². The average Bonchev–Trinajstić information content (AvgIpc) is 3.22. The first-order chi connectivity index (χ1) is 14.3. The molecule has 1 N–H and O–H groups in total. The van der Waals surface area contributed by atoms with E-state index in [9.17, 15) is 18.0 Å². The van der Waals surface area contributed by atoms with Gasteiger partial charge in [0, 0.05) is 31.7 Å². The van der Waals surface area contributed by atoms with Crippen molar-refractivity contribution < 1.29 is 17.9 Å². The van der Waals surface area contributed by atoms with E-state index in [1.807, 2.05) is 4.90 Å². The van der Waals surface area contributed by atoms with Crippen molar-refractivity contribution >= 4 is 15.9 Å². The van der Waals surface area contributed by atoms with E-state index in [4.69, 9.17) is 4.74 Å². The van der Waals surface area contributed by atoms with E-state index in [0.717, 1.165) is 38.5 Å². The lowest BCUT2D eigenvalue weighted by atomic mass is 9.86. The summed E-state index contributed by atoms with van der Waals surface area (Å²) in [6.07, 6.45) is 6.77. The molecule has 1 aromatic heterocycles. The maximum atomic E-state index is 13.2. The molecule has 1 amide bonds. The third-order valence-corrected chi connectivity index (χ3v) is 7.98. The number of fused-ring (bicyclic) bond motifs is 1. The highest BCUT2D eigenvalue weighted by molar-refractivity contribution is 7.88. The number of nitrogens with zero attached hydrogens (tertiary/aromatic N) is 3. The highest BCUT2D eigenvalue weighted by Gasteiger charge is 2.37. The second-order valence-corrected chi connectivity index (χ2v) is 10.6. The standard InChI is InChI=1S/C20H30N4O5S/c1-29-14-7-5-13(6-8-14)20(26)24-10-3-4-17(24)18-21-16-12-23(30(2,27)28)11-9-15(16)19(25)22-18/h13-14,17H,3-12H2,1-2H3,(H,21,22,25)/t13?,14?,17-/m0/s1. The van der Waals surface area contributed by atoms with E-state index in [2.05, 4.69) is 9.97 Å². The molecule has 166 valence electrons. The Morgan fingerprint density at radius 3 is 2.57 bits per heavy atom. The van der Waals surface area contributed by atoms with Gasteiger partial charge in [-0.25, -0.2) is 13.4 Å². The van der Waals surface area contributed by atoms with Gasteiger partial charge in [-0.2, -0.15) is 4.31 Å². The first-order valence-electron chi connectivity index (χ1n) is 10.7. The van der Waals surface area contributed by atoms with E-state index in [0.29, 0.717) is 30.0 Å². The van der Waals surface area contributed by atoms with Gasteiger partial charge in [0.2, 0.25) is 15.9 Å². The van der Waals surface area contributed by atoms with Crippen molar-refractivity contribution in [2.75, 3.05) is 26.5 Å². The van der Waals surface area contributed by atoms with Gasteiger partial charge >= 0.3 is 0 Å². The Hall–Kier alpha value is -1.78. The van der Waals surface area contributed by atoms with Crippen molar-refractivity contribution in [1.29, 1.82) is 0 Å². The molecule has 9 nitrogen and oxygen atoms in total. The lowest BCUT2D eigenvalue weighted by Gasteiger charge is -2.32.